The average molecular weight is 479 g/mol. The summed E-state index contributed by atoms with van der Waals surface area (Å²) in [7, 11) is 0. The zero-order valence-electron chi connectivity index (χ0n) is 19.4. The number of thiophene rings is 1. The van der Waals surface area contributed by atoms with Gasteiger partial charge in [-0.05, 0) is 56.9 Å². The van der Waals surface area contributed by atoms with E-state index in [0.29, 0.717) is 27.0 Å². The van der Waals surface area contributed by atoms with Crippen LogP contribution in [0.4, 0.5) is 5.69 Å². The van der Waals surface area contributed by atoms with Gasteiger partial charge in [0.25, 0.3) is 5.56 Å². The molecule has 1 fully saturated rings. The zero-order valence-corrected chi connectivity index (χ0v) is 20.2. The molecule has 4 aromatic rings. The molecule has 1 N–H and O–H groups in total. The largest absolute Gasteiger partial charge is 0.376 e. The molecular weight excluding hydrogens is 452 g/mol. The number of carbonyl (C=O) groups excluding carboxylic acids is 1. The number of amides is 1. The van der Waals surface area contributed by atoms with E-state index in [1.165, 1.54) is 20.5 Å². The number of fused-ring (bicyclic) bond motifs is 3. The van der Waals surface area contributed by atoms with E-state index < -0.39 is 5.69 Å². The molecule has 1 saturated heterocycles. The first-order valence-electron chi connectivity index (χ1n) is 11.3. The topological polar surface area (TPSA) is 95.2 Å². The van der Waals surface area contributed by atoms with Crippen LogP contribution in [0.5, 0.6) is 0 Å². The van der Waals surface area contributed by atoms with Crippen LogP contribution in [0.2, 0.25) is 0 Å². The van der Waals surface area contributed by atoms with E-state index in [4.69, 9.17) is 4.74 Å². The van der Waals surface area contributed by atoms with E-state index in [2.05, 4.69) is 10.3 Å². The number of carbonyl (C=O) groups is 1. The van der Waals surface area contributed by atoms with Crippen molar-refractivity contribution in [3.8, 4) is 0 Å². The van der Waals surface area contributed by atoms with Crippen molar-refractivity contribution >= 4 is 43.4 Å². The molecule has 0 radical (unpaired) electrons. The number of aryl methyl sites for hydroxylation is 3. The quantitative estimate of drug-likeness (QED) is 0.474. The van der Waals surface area contributed by atoms with Gasteiger partial charge in [0, 0.05) is 23.9 Å². The Kier molecular flexibility index (Phi) is 5.83. The molecule has 5 rings (SSSR count). The molecule has 4 heterocycles. The number of rotatable bonds is 5. The van der Waals surface area contributed by atoms with Crippen molar-refractivity contribution in [2.75, 3.05) is 11.9 Å². The molecule has 0 unspecified atom stereocenters. The number of anilines is 1. The zero-order chi connectivity index (χ0) is 24.0. The Bertz CT molecular complexity index is 1520. The van der Waals surface area contributed by atoms with E-state index in [-0.39, 0.29) is 30.7 Å². The Morgan fingerprint density at radius 2 is 1.97 bits per heavy atom. The number of nitrogens with zero attached hydrogens (tertiary/aromatic N) is 3. The van der Waals surface area contributed by atoms with E-state index in [1.54, 1.807) is 12.3 Å². The number of ether oxygens (including phenoxy) is 1. The predicted molar refractivity (Wildman–Crippen MR) is 134 cm³/mol. The van der Waals surface area contributed by atoms with Crippen molar-refractivity contribution in [2.24, 2.45) is 0 Å². The van der Waals surface area contributed by atoms with Crippen molar-refractivity contribution in [1.29, 1.82) is 0 Å². The highest BCUT2D eigenvalue weighted by Gasteiger charge is 2.24. The lowest BCUT2D eigenvalue weighted by Gasteiger charge is -2.16. The van der Waals surface area contributed by atoms with Crippen molar-refractivity contribution in [3.63, 3.8) is 0 Å². The number of pyridine rings is 1. The van der Waals surface area contributed by atoms with E-state index in [0.717, 1.165) is 35.2 Å². The molecule has 1 aromatic carbocycles. The Morgan fingerprint density at radius 1 is 1.21 bits per heavy atom. The first-order valence-corrected chi connectivity index (χ1v) is 12.2. The van der Waals surface area contributed by atoms with Crippen LogP contribution >= 0.6 is 11.3 Å². The summed E-state index contributed by atoms with van der Waals surface area (Å²) < 4.78 is 8.71. The van der Waals surface area contributed by atoms with E-state index in [9.17, 15) is 14.4 Å². The molecule has 8 nitrogen and oxygen atoms in total. The maximum atomic E-state index is 13.6. The molecule has 0 saturated carbocycles. The standard InChI is InChI=1S/C25H26N4O4S/c1-14-10-15(2)20(16(3)11-14)27-19(30)13-28-21-18-7-4-8-26-23(18)34-22(21)24(31)29(25(28)32)12-17-6-5-9-33-17/h4,7-8,10-11,17H,5-6,9,12-13H2,1-3H3,(H,27,30)/t17-/m1/s1. The molecule has 0 spiro atoms. The molecule has 3 aromatic heterocycles. The molecule has 1 amide bonds. The van der Waals surface area contributed by atoms with Gasteiger partial charge in [0.15, 0.2) is 0 Å². The van der Waals surface area contributed by atoms with Gasteiger partial charge < -0.3 is 10.1 Å². The average Bonchev–Trinajstić information content (AvgIpc) is 3.44. The van der Waals surface area contributed by atoms with Gasteiger partial charge in [0.2, 0.25) is 5.91 Å². The molecular formula is C25H26N4O4S. The van der Waals surface area contributed by atoms with Gasteiger partial charge in [-0.25, -0.2) is 9.78 Å². The third-order valence-corrected chi connectivity index (χ3v) is 7.36. The maximum Gasteiger partial charge on any atom is 0.332 e. The summed E-state index contributed by atoms with van der Waals surface area (Å²) in [4.78, 5) is 45.1. The number of hydrogen-bond acceptors (Lipinski definition) is 6. The van der Waals surface area contributed by atoms with Gasteiger partial charge in [-0.1, -0.05) is 17.7 Å². The Morgan fingerprint density at radius 3 is 2.68 bits per heavy atom. The molecule has 0 bridgehead atoms. The van der Waals surface area contributed by atoms with Crippen LogP contribution < -0.4 is 16.6 Å². The summed E-state index contributed by atoms with van der Waals surface area (Å²) in [5, 5.41) is 3.66. The number of nitrogens with one attached hydrogen (secondary N) is 1. The summed E-state index contributed by atoms with van der Waals surface area (Å²) >= 11 is 1.24. The van der Waals surface area contributed by atoms with Gasteiger partial charge in [-0.15, -0.1) is 11.3 Å². The second kappa shape index (κ2) is 8.81. The summed E-state index contributed by atoms with van der Waals surface area (Å²) in [6.45, 7) is 6.48. The minimum Gasteiger partial charge on any atom is -0.376 e. The van der Waals surface area contributed by atoms with Crippen LogP contribution in [0, 0.1) is 20.8 Å². The lowest BCUT2D eigenvalue weighted by Crippen LogP contribution is -2.43. The number of benzene rings is 1. The van der Waals surface area contributed by atoms with Crippen molar-refractivity contribution in [2.45, 2.75) is 52.8 Å². The third kappa shape index (κ3) is 3.95. The van der Waals surface area contributed by atoms with E-state index >= 15 is 0 Å². The normalized spacial score (nSPS) is 15.9. The summed E-state index contributed by atoms with van der Waals surface area (Å²) in [5.74, 6) is -0.330. The predicted octanol–water partition coefficient (Wildman–Crippen LogP) is 3.52. The van der Waals surface area contributed by atoms with Crippen LogP contribution in [0.3, 0.4) is 0 Å². The summed E-state index contributed by atoms with van der Waals surface area (Å²) in [5.41, 5.74) is 3.35. The van der Waals surface area contributed by atoms with Crippen LogP contribution in [0.15, 0.2) is 40.1 Å². The fraction of sp³-hybridized carbons (Fsp3) is 0.360. The Hall–Kier alpha value is -3.30. The van der Waals surface area contributed by atoms with Crippen LogP contribution in [0.25, 0.3) is 20.4 Å². The minimum absolute atomic E-state index is 0.174. The van der Waals surface area contributed by atoms with Crippen LogP contribution in [0.1, 0.15) is 29.5 Å². The Balaban J connectivity index is 1.62. The van der Waals surface area contributed by atoms with Gasteiger partial charge >= 0.3 is 5.69 Å². The highest BCUT2D eigenvalue weighted by molar-refractivity contribution is 7.25. The molecule has 9 heteroatoms. The summed E-state index contributed by atoms with van der Waals surface area (Å²) in [6, 6.07) is 7.60. The highest BCUT2D eigenvalue weighted by Crippen LogP contribution is 2.29. The minimum atomic E-state index is -0.510. The smallest absolute Gasteiger partial charge is 0.332 e. The second-order valence-corrected chi connectivity index (χ2v) is 9.88. The third-order valence-electron chi connectivity index (χ3n) is 6.26. The monoisotopic (exact) mass is 478 g/mol. The molecule has 1 aliphatic heterocycles. The van der Waals surface area contributed by atoms with Gasteiger partial charge in [0.05, 0.1) is 18.2 Å². The highest BCUT2D eigenvalue weighted by atomic mass is 32.1. The van der Waals surface area contributed by atoms with Crippen LogP contribution in [-0.4, -0.2) is 32.7 Å². The first-order chi connectivity index (χ1) is 16.3. The first kappa shape index (κ1) is 22.5. The molecule has 1 atom stereocenters. The lowest BCUT2D eigenvalue weighted by atomic mass is 10.1. The molecule has 176 valence electrons. The Labute approximate surface area is 199 Å². The van der Waals surface area contributed by atoms with Crippen molar-refractivity contribution in [3.05, 3.63) is 68.0 Å². The van der Waals surface area contributed by atoms with Gasteiger partial charge in [-0.3, -0.25) is 18.7 Å². The summed E-state index contributed by atoms with van der Waals surface area (Å²) in [6.07, 6.45) is 3.17. The molecule has 0 aliphatic carbocycles. The fourth-order valence-electron chi connectivity index (χ4n) is 4.78. The number of hydrogen-bond donors (Lipinski definition) is 1. The molecule has 34 heavy (non-hydrogen) atoms. The SMILES string of the molecule is Cc1cc(C)c(NC(=O)Cn2c(=O)n(C[C@H]3CCCO3)c(=O)c3sc4ncccc4c32)c(C)c1. The molecule has 1 aliphatic rings. The number of aromatic nitrogens is 3. The van der Waals surface area contributed by atoms with Gasteiger partial charge in [-0.2, -0.15) is 0 Å². The second-order valence-electron chi connectivity index (χ2n) is 8.88. The van der Waals surface area contributed by atoms with Gasteiger partial charge in [0.1, 0.15) is 16.1 Å². The maximum absolute atomic E-state index is 13.6. The van der Waals surface area contributed by atoms with Crippen LogP contribution in [-0.2, 0) is 22.6 Å². The van der Waals surface area contributed by atoms with Crippen molar-refractivity contribution in [1.82, 2.24) is 14.1 Å². The lowest BCUT2D eigenvalue weighted by molar-refractivity contribution is -0.116. The van der Waals surface area contributed by atoms with E-state index in [1.807, 2.05) is 39.0 Å². The fourth-order valence-corrected chi connectivity index (χ4v) is 5.88. The van der Waals surface area contributed by atoms with Crippen molar-refractivity contribution < 1.29 is 9.53 Å².